The van der Waals surface area contributed by atoms with E-state index < -0.39 is 23.6 Å². The van der Waals surface area contributed by atoms with Crippen LogP contribution in [0.15, 0.2) is 88.1 Å². The summed E-state index contributed by atoms with van der Waals surface area (Å²) in [6, 6.07) is 21.8. The fraction of sp³-hybridized carbons (Fsp3) is 0.148. The maximum atomic E-state index is 13.3. The Morgan fingerprint density at radius 3 is 2.40 bits per heavy atom. The van der Waals surface area contributed by atoms with E-state index in [2.05, 4.69) is 5.32 Å². The lowest BCUT2D eigenvalue weighted by Gasteiger charge is -2.19. The Kier molecular flexibility index (Phi) is 7.11. The van der Waals surface area contributed by atoms with Crippen molar-refractivity contribution < 1.29 is 28.2 Å². The van der Waals surface area contributed by atoms with E-state index in [9.17, 15) is 14.4 Å². The number of ether oxygens (including phenoxy) is 3. The van der Waals surface area contributed by atoms with Gasteiger partial charge in [-0.1, -0.05) is 54.6 Å². The number of methoxy groups -OCH3 is 1. The highest BCUT2D eigenvalue weighted by molar-refractivity contribution is 5.99. The van der Waals surface area contributed by atoms with Crippen LogP contribution in [0.25, 0.3) is 11.0 Å². The van der Waals surface area contributed by atoms with Crippen LogP contribution in [0, 0.1) is 0 Å². The number of anilines is 1. The van der Waals surface area contributed by atoms with Gasteiger partial charge in [0.05, 0.1) is 19.4 Å². The summed E-state index contributed by atoms with van der Waals surface area (Å²) in [5.74, 6) is -0.770. The van der Waals surface area contributed by atoms with Crippen LogP contribution in [0.5, 0.6) is 11.5 Å². The Labute approximate surface area is 201 Å². The number of carbonyl (C=O) groups is 2. The molecule has 0 aliphatic rings. The maximum Gasteiger partial charge on any atom is 0.351 e. The summed E-state index contributed by atoms with van der Waals surface area (Å²) in [5.41, 5.74) is -0.177. The fourth-order valence-electron chi connectivity index (χ4n) is 3.54. The van der Waals surface area contributed by atoms with E-state index in [4.69, 9.17) is 18.6 Å². The third-order valence-corrected chi connectivity index (χ3v) is 5.17. The van der Waals surface area contributed by atoms with Gasteiger partial charge in [-0.2, -0.15) is 0 Å². The van der Waals surface area contributed by atoms with Crippen molar-refractivity contribution in [3.8, 4) is 11.5 Å². The number of rotatable bonds is 8. The van der Waals surface area contributed by atoms with Crippen molar-refractivity contribution in [2.24, 2.45) is 0 Å². The Bertz CT molecular complexity index is 1410. The Morgan fingerprint density at radius 1 is 0.943 bits per heavy atom. The summed E-state index contributed by atoms with van der Waals surface area (Å²) in [6.45, 7) is 2.24. The van der Waals surface area contributed by atoms with E-state index >= 15 is 0 Å². The average Bonchev–Trinajstić information content (AvgIpc) is 2.88. The third kappa shape index (κ3) is 5.16. The number of fused-ring (bicyclic) bond motifs is 1. The zero-order valence-electron chi connectivity index (χ0n) is 19.1. The predicted octanol–water partition coefficient (Wildman–Crippen LogP) is 4.74. The Hall–Kier alpha value is -4.59. The van der Waals surface area contributed by atoms with Crippen LogP contribution in [-0.4, -0.2) is 25.6 Å². The molecule has 178 valence electrons. The van der Waals surface area contributed by atoms with Gasteiger partial charge >= 0.3 is 11.6 Å². The molecule has 0 spiro atoms. The van der Waals surface area contributed by atoms with Crippen molar-refractivity contribution in [1.29, 1.82) is 0 Å². The van der Waals surface area contributed by atoms with Gasteiger partial charge in [-0.3, -0.25) is 4.79 Å². The Balaban J connectivity index is 1.66. The molecule has 1 N–H and O–H groups in total. The highest BCUT2D eigenvalue weighted by Crippen LogP contribution is 2.28. The normalized spacial score (nSPS) is 11.5. The highest BCUT2D eigenvalue weighted by atomic mass is 16.5. The van der Waals surface area contributed by atoms with Crippen LogP contribution in [-0.2, 0) is 9.53 Å². The number of carbonyl (C=O) groups excluding carboxylic acids is 2. The molecule has 0 saturated heterocycles. The van der Waals surface area contributed by atoms with Gasteiger partial charge in [-0.15, -0.1) is 0 Å². The van der Waals surface area contributed by atoms with Crippen LogP contribution in [0.2, 0.25) is 0 Å². The molecule has 0 aliphatic heterocycles. The number of benzene rings is 3. The smallest absolute Gasteiger partial charge is 0.351 e. The van der Waals surface area contributed by atoms with Gasteiger partial charge in [-0.25, -0.2) is 9.59 Å². The molecule has 0 bridgehead atoms. The first-order valence-corrected chi connectivity index (χ1v) is 10.9. The SMILES string of the molecule is CCOc1ccccc1NC(=O)C(OC(=O)c1cc2cccc(OC)c2oc1=O)c1ccccc1. The first kappa shape index (κ1) is 23.6. The molecule has 0 aliphatic carbocycles. The lowest BCUT2D eigenvalue weighted by molar-refractivity contribution is -0.125. The molecule has 0 radical (unpaired) electrons. The first-order chi connectivity index (χ1) is 17.0. The van der Waals surface area contributed by atoms with Crippen molar-refractivity contribution in [3.63, 3.8) is 0 Å². The van der Waals surface area contributed by atoms with Crippen LogP contribution >= 0.6 is 0 Å². The molecular weight excluding hydrogens is 450 g/mol. The van der Waals surface area contributed by atoms with Crippen molar-refractivity contribution in [2.45, 2.75) is 13.0 Å². The minimum absolute atomic E-state index is 0.210. The van der Waals surface area contributed by atoms with Crippen LogP contribution in [0.1, 0.15) is 28.9 Å². The summed E-state index contributed by atoms with van der Waals surface area (Å²) < 4.78 is 21.7. The number of hydrogen-bond acceptors (Lipinski definition) is 7. The van der Waals surface area contributed by atoms with Gasteiger partial charge in [-0.05, 0) is 31.2 Å². The van der Waals surface area contributed by atoms with E-state index in [1.807, 2.05) is 6.92 Å². The summed E-state index contributed by atoms with van der Waals surface area (Å²) >= 11 is 0. The van der Waals surface area contributed by atoms with Crippen LogP contribution in [0.3, 0.4) is 0 Å². The number of esters is 1. The quantitative estimate of drug-likeness (QED) is 0.291. The molecule has 8 heteroatoms. The lowest BCUT2D eigenvalue weighted by Crippen LogP contribution is -2.28. The maximum absolute atomic E-state index is 13.3. The molecule has 1 heterocycles. The standard InChI is InChI=1S/C27H23NO7/c1-3-33-21-14-8-7-13-20(21)28-25(29)24(17-10-5-4-6-11-17)35-27(31)19-16-18-12-9-15-22(32-2)23(18)34-26(19)30/h4-16,24H,3H2,1-2H3,(H,28,29). The van der Waals surface area contributed by atoms with Crippen LogP contribution < -0.4 is 20.4 Å². The first-order valence-electron chi connectivity index (χ1n) is 10.9. The van der Waals surface area contributed by atoms with Gasteiger partial charge in [0.15, 0.2) is 11.3 Å². The van der Waals surface area contributed by atoms with Gasteiger partial charge in [0.1, 0.15) is 11.3 Å². The third-order valence-electron chi connectivity index (χ3n) is 5.17. The molecular formula is C27H23NO7. The van der Waals surface area contributed by atoms with Crippen molar-refractivity contribution in [2.75, 3.05) is 19.0 Å². The van der Waals surface area contributed by atoms with E-state index in [0.29, 0.717) is 34.7 Å². The van der Waals surface area contributed by atoms with E-state index in [-0.39, 0.29) is 11.1 Å². The second-order valence-electron chi connectivity index (χ2n) is 7.44. The van der Waals surface area contributed by atoms with Gasteiger partial charge in [0, 0.05) is 10.9 Å². The molecule has 4 aromatic rings. The monoisotopic (exact) mass is 473 g/mol. The summed E-state index contributed by atoms with van der Waals surface area (Å²) in [6.07, 6.45) is -1.33. The predicted molar refractivity (Wildman–Crippen MR) is 130 cm³/mol. The van der Waals surface area contributed by atoms with E-state index in [1.54, 1.807) is 72.8 Å². The Morgan fingerprint density at radius 2 is 1.66 bits per heavy atom. The number of amides is 1. The second kappa shape index (κ2) is 10.6. The number of hydrogen-bond donors (Lipinski definition) is 1. The molecule has 1 aromatic heterocycles. The topological polar surface area (TPSA) is 104 Å². The van der Waals surface area contributed by atoms with Crippen molar-refractivity contribution >= 4 is 28.5 Å². The summed E-state index contributed by atoms with van der Waals surface area (Å²) in [7, 11) is 1.45. The summed E-state index contributed by atoms with van der Waals surface area (Å²) in [4.78, 5) is 38.9. The molecule has 1 atom stereocenters. The highest BCUT2D eigenvalue weighted by Gasteiger charge is 2.28. The minimum atomic E-state index is -1.33. The molecule has 4 rings (SSSR count). The number of nitrogens with one attached hydrogen (secondary N) is 1. The molecule has 8 nitrogen and oxygen atoms in total. The fourth-order valence-corrected chi connectivity index (χ4v) is 3.54. The van der Waals surface area contributed by atoms with Crippen LogP contribution in [0.4, 0.5) is 5.69 Å². The van der Waals surface area contributed by atoms with Gasteiger partial charge < -0.3 is 23.9 Å². The molecule has 0 saturated carbocycles. The molecule has 35 heavy (non-hydrogen) atoms. The second-order valence-corrected chi connectivity index (χ2v) is 7.44. The van der Waals surface area contributed by atoms with Crippen molar-refractivity contribution in [3.05, 3.63) is 100 Å². The average molecular weight is 473 g/mol. The zero-order chi connectivity index (χ0) is 24.8. The van der Waals surface area contributed by atoms with Gasteiger partial charge in [0.2, 0.25) is 6.10 Å². The number of para-hydroxylation sites is 3. The lowest BCUT2D eigenvalue weighted by atomic mass is 10.1. The van der Waals surface area contributed by atoms with E-state index in [0.717, 1.165) is 0 Å². The minimum Gasteiger partial charge on any atom is -0.493 e. The largest absolute Gasteiger partial charge is 0.493 e. The zero-order valence-corrected chi connectivity index (χ0v) is 19.1. The summed E-state index contributed by atoms with van der Waals surface area (Å²) in [5, 5.41) is 3.23. The van der Waals surface area contributed by atoms with Crippen molar-refractivity contribution in [1.82, 2.24) is 0 Å². The molecule has 3 aromatic carbocycles. The molecule has 1 unspecified atom stereocenters. The molecule has 0 fully saturated rings. The van der Waals surface area contributed by atoms with E-state index in [1.165, 1.54) is 13.2 Å². The van der Waals surface area contributed by atoms with Gasteiger partial charge in [0.25, 0.3) is 5.91 Å². The molecule has 1 amide bonds.